The molecule has 0 aliphatic carbocycles. The summed E-state index contributed by atoms with van der Waals surface area (Å²) < 4.78 is 15.3. The van der Waals surface area contributed by atoms with Gasteiger partial charge in [-0.1, -0.05) is 19.6 Å². The van der Waals surface area contributed by atoms with Crippen molar-refractivity contribution in [2.24, 2.45) is 0 Å². The molecule has 0 aliphatic rings. The van der Waals surface area contributed by atoms with Crippen LogP contribution in [0, 0.1) is 11.4 Å². The number of rotatable bonds is 3. The maximum atomic E-state index is 5.10. The topological polar surface area (TPSA) is 27.7 Å². The van der Waals surface area contributed by atoms with Gasteiger partial charge >= 0.3 is 25.6 Å². The van der Waals surface area contributed by atoms with Crippen LogP contribution in [0.5, 0.6) is 0 Å². The van der Waals surface area contributed by atoms with Gasteiger partial charge in [0, 0.05) is 0 Å². The fourth-order valence-corrected chi connectivity index (χ4v) is 1.38. The van der Waals surface area contributed by atoms with Gasteiger partial charge < -0.3 is 14.0 Å². The van der Waals surface area contributed by atoms with Gasteiger partial charge in [0.05, 0.1) is 0 Å². The Morgan fingerprint density at radius 3 is 1.50 bits per heavy atom. The van der Waals surface area contributed by atoms with E-state index in [4.69, 9.17) is 14.0 Å². The van der Waals surface area contributed by atoms with E-state index in [1.54, 1.807) is 0 Å². The third-order valence-corrected chi connectivity index (χ3v) is 2.45. The Morgan fingerprint density at radius 2 is 1.29 bits per heavy atom. The Balaban J connectivity index is 0. The van der Waals surface area contributed by atoms with Crippen molar-refractivity contribution >= 4 is 14.8 Å². The zero-order valence-electron chi connectivity index (χ0n) is 10.3. The summed E-state index contributed by atoms with van der Waals surface area (Å²) in [6.07, 6.45) is 0. The van der Waals surface area contributed by atoms with Crippen LogP contribution in [0.3, 0.4) is 0 Å². The molecule has 0 heterocycles. The van der Waals surface area contributed by atoms with Crippen molar-refractivity contribution in [3.8, 4) is 11.4 Å². The second kappa shape index (κ2) is 6.74. The summed E-state index contributed by atoms with van der Waals surface area (Å²) in [5.74, 6) is 2.93. The van der Waals surface area contributed by atoms with Gasteiger partial charge in [0.1, 0.15) is 8.07 Å². The maximum Gasteiger partial charge on any atom is 1.00 e. The Labute approximate surface area is 100 Å². The minimum atomic E-state index is -1.85. The Kier molecular flexibility index (Phi) is 8.06. The summed E-state index contributed by atoms with van der Waals surface area (Å²) in [5.41, 5.74) is 3.16. The van der Waals surface area contributed by atoms with Gasteiger partial charge in [-0.2, -0.15) is 5.54 Å². The molecule has 0 spiro atoms. The third kappa shape index (κ3) is 5.93. The van der Waals surface area contributed by atoms with Crippen LogP contribution in [0.4, 0.5) is 0 Å². The molecular formula is C8H18BLiO3Si. The van der Waals surface area contributed by atoms with Crippen LogP contribution in [-0.2, 0) is 14.0 Å². The maximum absolute atomic E-state index is 5.10. The van der Waals surface area contributed by atoms with Crippen LogP contribution < -0.4 is 18.9 Å². The molecule has 0 aromatic heterocycles. The van der Waals surface area contributed by atoms with Crippen molar-refractivity contribution in [1.29, 1.82) is 0 Å². The molecule has 0 saturated heterocycles. The largest absolute Gasteiger partial charge is 1.00 e. The minimum Gasteiger partial charge on any atom is -0.536 e. The normalized spacial score (nSPS) is 11.3. The van der Waals surface area contributed by atoms with Gasteiger partial charge in [-0.25, -0.2) is 5.82 Å². The predicted octanol–water partition coefficient (Wildman–Crippen LogP) is -1.71. The molecule has 0 bridgehead atoms. The van der Waals surface area contributed by atoms with Gasteiger partial charge in [0.2, 0.25) is 0 Å². The van der Waals surface area contributed by atoms with Gasteiger partial charge in [0.25, 0.3) is 0 Å². The van der Waals surface area contributed by atoms with Crippen LogP contribution >= 0.6 is 0 Å². The molecule has 0 aromatic rings. The Hall–Kier alpha value is 0.319. The van der Waals surface area contributed by atoms with E-state index in [2.05, 4.69) is 31.0 Å². The molecule has 76 valence electrons. The van der Waals surface area contributed by atoms with E-state index in [9.17, 15) is 0 Å². The van der Waals surface area contributed by atoms with Crippen LogP contribution in [0.2, 0.25) is 19.6 Å². The van der Waals surface area contributed by atoms with Crippen LogP contribution in [0.15, 0.2) is 0 Å². The van der Waals surface area contributed by atoms with Gasteiger partial charge in [-0.3, -0.25) is 0 Å². The molecule has 0 unspecified atom stereocenters. The van der Waals surface area contributed by atoms with Crippen molar-refractivity contribution in [3.63, 3.8) is 0 Å². The van der Waals surface area contributed by atoms with E-state index in [0.29, 0.717) is 0 Å². The summed E-state index contributed by atoms with van der Waals surface area (Å²) in [7, 11) is 3.20. The summed E-state index contributed by atoms with van der Waals surface area (Å²) in [6.45, 7) is 4.61. The monoisotopic (exact) mass is 208 g/mol. The summed E-state index contributed by atoms with van der Waals surface area (Å²) in [5, 5.41) is 0. The molecule has 0 saturated carbocycles. The van der Waals surface area contributed by atoms with Crippen LogP contribution in [0.1, 0.15) is 0 Å². The van der Waals surface area contributed by atoms with Crippen molar-refractivity contribution < 1.29 is 32.8 Å². The first-order chi connectivity index (χ1) is 5.89. The molecule has 0 amide bonds. The number of hydrogen-bond acceptors (Lipinski definition) is 3. The molecule has 0 N–H and O–H groups in total. The second-order valence-corrected chi connectivity index (χ2v) is 8.62. The van der Waals surface area contributed by atoms with Gasteiger partial charge in [0.15, 0.2) is 0 Å². The first-order valence-electron chi connectivity index (χ1n) is 4.22. The third-order valence-electron chi connectivity index (χ3n) is 1.55. The van der Waals surface area contributed by atoms with E-state index in [0.717, 1.165) is 0 Å². The molecule has 14 heavy (non-hydrogen) atoms. The first-order valence-corrected chi connectivity index (χ1v) is 7.72. The van der Waals surface area contributed by atoms with Gasteiger partial charge in [-0.05, 0) is 21.3 Å². The van der Waals surface area contributed by atoms with Crippen LogP contribution in [-0.4, -0.2) is 36.2 Å². The average molecular weight is 208 g/mol. The second-order valence-electron chi connectivity index (χ2n) is 3.87. The zero-order valence-corrected chi connectivity index (χ0v) is 11.3. The molecule has 0 rings (SSSR count). The predicted molar refractivity (Wildman–Crippen MR) is 57.9 cm³/mol. The van der Waals surface area contributed by atoms with E-state index < -0.39 is 14.8 Å². The molecule has 0 radical (unpaired) electrons. The van der Waals surface area contributed by atoms with E-state index >= 15 is 0 Å². The summed E-state index contributed by atoms with van der Waals surface area (Å²) >= 11 is 0. The Morgan fingerprint density at radius 1 is 0.929 bits per heavy atom. The smallest absolute Gasteiger partial charge is 0.536 e. The summed E-state index contributed by atoms with van der Waals surface area (Å²) in [6, 6.07) is 0. The molecule has 3 nitrogen and oxygen atoms in total. The van der Waals surface area contributed by atoms with Crippen molar-refractivity contribution in [2.45, 2.75) is 19.6 Å². The fraction of sp³-hybridized carbons (Fsp3) is 0.750. The molecule has 0 atom stereocenters. The molecule has 0 fully saturated rings. The number of hydrogen-bond donors (Lipinski definition) is 0. The van der Waals surface area contributed by atoms with Gasteiger partial charge in [-0.15, -0.1) is 0 Å². The standard InChI is InChI=1S/C8H18BO3Si.Li/c1-10-9(11-2,12-3)7-8-13(4,5)6;/h1-6H3;/q-1;+1. The zero-order chi connectivity index (χ0) is 10.5. The Bertz CT molecular complexity index is 207. The van der Waals surface area contributed by atoms with E-state index in [1.807, 2.05) is 0 Å². The van der Waals surface area contributed by atoms with E-state index in [-0.39, 0.29) is 18.9 Å². The van der Waals surface area contributed by atoms with Crippen molar-refractivity contribution in [1.82, 2.24) is 0 Å². The molecule has 6 heteroatoms. The molecular weight excluding hydrogens is 190 g/mol. The van der Waals surface area contributed by atoms with Crippen LogP contribution in [0.25, 0.3) is 0 Å². The molecule has 0 aromatic carbocycles. The van der Waals surface area contributed by atoms with Crippen molar-refractivity contribution in [2.75, 3.05) is 21.3 Å². The SMILES string of the molecule is CO[B-](C#C[Si](C)(C)C)(OC)OC.[Li+]. The first kappa shape index (κ1) is 16.7. The fourth-order valence-electron chi connectivity index (χ4n) is 0.770. The molecule has 0 aliphatic heterocycles. The van der Waals surface area contributed by atoms with Crippen molar-refractivity contribution in [3.05, 3.63) is 0 Å². The quantitative estimate of drug-likeness (QED) is 0.408. The summed E-state index contributed by atoms with van der Waals surface area (Å²) in [4.78, 5) is 0. The minimum absolute atomic E-state index is 0. The van der Waals surface area contributed by atoms with E-state index in [1.165, 1.54) is 21.3 Å². The average Bonchev–Trinajstić information content (AvgIpc) is 2.06.